The van der Waals surface area contributed by atoms with Crippen molar-refractivity contribution in [3.05, 3.63) is 18.0 Å². The third kappa shape index (κ3) is 2.73. The number of hydrogen-bond donors (Lipinski definition) is 1. The second-order valence-corrected chi connectivity index (χ2v) is 5.94. The van der Waals surface area contributed by atoms with Crippen LogP contribution in [0.3, 0.4) is 0 Å². The van der Waals surface area contributed by atoms with Crippen molar-refractivity contribution in [2.24, 2.45) is 5.92 Å². The number of H-pyrrole nitrogens is 1. The van der Waals surface area contributed by atoms with Gasteiger partial charge in [0.1, 0.15) is 0 Å². The van der Waals surface area contributed by atoms with Crippen molar-refractivity contribution in [2.45, 2.75) is 44.6 Å². The Labute approximate surface area is 119 Å². The Balaban J connectivity index is 1.56. The van der Waals surface area contributed by atoms with Gasteiger partial charge < -0.3 is 9.64 Å². The Morgan fingerprint density at radius 2 is 2.20 bits per heavy atom. The fourth-order valence-corrected chi connectivity index (χ4v) is 3.39. The third-order valence-electron chi connectivity index (χ3n) is 4.69. The SMILES string of the molecule is CC1OCCCC1C(=O)N1CCC(c2ccn[nH]2)CC1. The number of aromatic nitrogens is 2. The van der Waals surface area contributed by atoms with E-state index in [9.17, 15) is 4.79 Å². The molecule has 2 unspecified atom stereocenters. The van der Waals surface area contributed by atoms with E-state index in [1.807, 2.05) is 17.9 Å². The summed E-state index contributed by atoms with van der Waals surface area (Å²) in [6, 6.07) is 2.04. The molecular formula is C15H23N3O2. The van der Waals surface area contributed by atoms with Gasteiger partial charge in [-0.05, 0) is 38.7 Å². The molecule has 20 heavy (non-hydrogen) atoms. The van der Waals surface area contributed by atoms with Gasteiger partial charge in [0.25, 0.3) is 0 Å². The molecule has 2 atom stereocenters. The van der Waals surface area contributed by atoms with Crippen molar-refractivity contribution in [1.82, 2.24) is 15.1 Å². The highest BCUT2D eigenvalue weighted by Gasteiger charge is 2.33. The number of aromatic amines is 1. The molecule has 1 N–H and O–H groups in total. The van der Waals surface area contributed by atoms with Crippen molar-refractivity contribution >= 4 is 5.91 Å². The second-order valence-electron chi connectivity index (χ2n) is 5.94. The molecule has 110 valence electrons. The molecule has 3 rings (SSSR count). The molecule has 2 saturated heterocycles. The molecule has 0 saturated carbocycles. The van der Waals surface area contributed by atoms with Crippen LogP contribution in [0, 0.1) is 5.92 Å². The topological polar surface area (TPSA) is 58.2 Å². The number of ether oxygens (including phenoxy) is 1. The monoisotopic (exact) mass is 277 g/mol. The molecular weight excluding hydrogens is 254 g/mol. The lowest BCUT2D eigenvalue weighted by Gasteiger charge is -2.36. The molecule has 5 heteroatoms. The van der Waals surface area contributed by atoms with E-state index < -0.39 is 0 Å². The van der Waals surface area contributed by atoms with Gasteiger partial charge in [0.2, 0.25) is 5.91 Å². The van der Waals surface area contributed by atoms with Gasteiger partial charge in [0.05, 0.1) is 12.0 Å². The lowest BCUT2D eigenvalue weighted by Crippen LogP contribution is -2.46. The highest BCUT2D eigenvalue weighted by atomic mass is 16.5. The van der Waals surface area contributed by atoms with Gasteiger partial charge in [0.15, 0.2) is 0 Å². The van der Waals surface area contributed by atoms with Gasteiger partial charge in [-0.1, -0.05) is 0 Å². The first-order valence-corrected chi connectivity index (χ1v) is 7.65. The summed E-state index contributed by atoms with van der Waals surface area (Å²) in [5, 5.41) is 7.06. The zero-order valence-corrected chi connectivity index (χ0v) is 12.0. The molecule has 3 heterocycles. The number of nitrogens with zero attached hydrogens (tertiary/aromatic N) is 2. The van der Waals surface area contributed by atoms with Crippen LogP contribution in [0.15, 0.2) is 12.3 Å². The predicted molar refractivity (Wildman–Crippen MR) is 75.3 cm³/mol. The summed E-state index contributed by atoms with van der Waals surface area (Å²) in [6.07, 6.45) is 5.90. The van der Waals surface area contributed by atoms with Crippen LogP contribution < -0.4 is 0 Å². The highest BCUT2D eigenvalue weighted by Crippen LogP contribution is 2.29. The number of amides is 1. The molecule has 0 aromatic carbocycles. The average Bonchev–Trinajstić information content (AvgIpc) is 3.01. The number of piperidine rings is 1. The summed E-state index contributed by atoms with van der Waals surface area (Å²) in [5.74, 6) is 0.870. The largest absolute Gasteiger partial charge is 0.378 e. The molecule has 1 amide bonds. The van der Waals surface area contributed by atoms with Crippen LogP contribution in [-0.2, 0) is 9.53 Å². The number of likely N-dealkylation sites (tertiary alicyclic amines) is 1. The summed E-state index contributed by atoms with van der Waals surface area (Å²) in [7, 11) is 0. The van der Waals surface area contributed by atoms with Crippen LogP contribution in [0.25, 0.3) is 0 Å². The summed E-state index contributed by atoms with van der Waals surface area (Å²) >= 11 is 0. The van der Waals surface area contributed by atoms with Crippen molar-refractivity contribution in [1.29, 1.82) is 0 Å². The Hall–Kier alpha value is -1.36. The first-order chi connectivity index (χ1) is 9.75. The van der Waals surface area contributed by atoms with E-state index in [-0.39, 0.29) is 12.0 Å². The molecule has 2 fully saturated rings. The lowest BCUT2D eigenvalue weighted by atomic mass is 9.90. The van der Waals surface area contributed by atoms with Gasteiger partial charge in [0, 0.05) is 37.5 Å². The number of carbonyl (C=O) groups excluding carboxylic acids is 1. The van der Waals surface area contributed by atoms with Gasteiger partial charge in [-0.25, -0.2) is 0 Å². The zero-order chi connectivity index (χ0) is 13.9. The minimum Gasteiger partial charge on any atom is -0.378 e. The number of nitrogens with one attached hydrogen (secondary N) is 1. The van der Waals surface area contributed by atoms with Crippen LogP contribution in [0.5, 0.6) is 0 Å². The van der Waals surface area contributed by atoms with Crippen LogP contribution in [0.4, 0.5) is 0 Å². The van der Waals surface area contributed by atoms with E-state index in [0.717, 1.165) is 45.4 Å². The normalized spacial score (nSPS) is 28.6. The number of rotatable bonds is 2. The standard InChI is InChI=1S/C15H23N3O2/c1-11-13(3-2-10-20-11)15(19)18-8-5-12(6-9-18)14-4-7-16-17-14/h4,7,11-13H,2-3,5-6,8-10H2,1H3,(H,16,17). The molecule has 5 nitrogen and oxygen atoms in total. The minimum absolute atomic E-state index is 0.0625. The van der Waals surface area contributed by atoms with Crippen LogP contribution in [-0.4, -0.2) is 46.8 Å². The van der Waals surface area contributed by atoms with Crippen LogP contribution in [0.2, 0.25) is 0 Å². The van der Waals surface area contributed by atoms with E-state index >= 15 is 0 Å². The lowest BCUT2D eigenvalue weighted by molar-refractivity contribution is -0.145. The fraction of sp³-hybridized carbons (Fsp3) is 0.733. The van der Waals surface area contributed by atoms with E-state index in [4.69, 9.17) is 4.74 Å². The quantitative estimate of drug-likeness (QED) is 0.898. The highest BCUT2D eigenvalue weighted by molar-refractivity contribution is 5.79. The van der Waals surface area contributed by atoms with Gasteiger partial charge in [-0.2, -0.15) is 5.10 Å². The molecule has 1 aromatic heterocycles. The molecule has 0 spiro atoms. The summed E-state index contributed by atoms with van der Waals surface area (Å²) in [5.41, 5.74) is 1.20. The predicted octanol–water partition coefficient (Wildman–Crippen LogP) is 1.93. The Morgan fingerprint density at radius 3 is 2.85 bits per heavy atom. The molecule has 1 aromatic rings. The van der Waals surface area contributed by atoms with Gasteiger partial charge in [-0.3, -0.25) is 9.89 Å². The first kappa shape index (κ1) is 13.6. The van der Waals surface area contributed by atoms with E-state index in [2.05, 4.69) is 10.2 Å². The maximum absolute atomic E-state index is 12.6. The molecule has 0 radical (unpaired) electrons. The number of hydrogen-bond acceptors (Lipinski definition) is 3. The summed E-state index contributed by atoms with van der Waals surface area (Å²) in [6.45, 7) is 4.53. The maximum atomic E-state index is 12.6. The average molecular weight is 277 g/mol. The number of carbonyl (C=O) groups is 1. The van der Waals surface area contributed by atoms with Gasteiger partial charge >= 0.3 is 0 Å². The van der Waals surface area contributed by atoms with E-state index in [1.54, 1.807) is 6.20 Å². The second kappa shape index (κ2) is 5.95. The van der Waals surface area contributed by atoms with Gasteiger partial charge in [-0.15, -0.1) is 0 Å². The van der Waals surface area contributed by atoms with E-state index in [1.165, 1.54) is 5.69 Å². The Morgan fingerprint density at radius 1 is 1.40 bits per heavy atom. The Kier molecular flexibility index (Phi) is 4.05. The van der Waals surface area contributed by atoms with Crippen molar-refractivity contribution in [3.8, 4) is 0 Å². The maximum Gasteiger partial charge on any atom is 0.228 e. The van der Waals surface area contributed by atoms with Crippen LogP contribution >= 0.6 is 0 Å². The molecule has 0 aliphatic carbocycles. The summed E-state index contributed by atoms with van der Waals surface area (Å²) < 4.78 is 5.62. The van der Waals surface area contributed by atoms with Crippen LogP contribution in [0.1, 0.15) is 44.2 Å². The zero-order valence-electron chi connectivity index (χ0n) is 12.0. The van der Waals surface area contributed by atoms with E-state index in [0.29, 0.717) is 11.8 Å². The van der Waals surface area contributed by atoms with Crippen molar-refractivity contribution < 1.29 is 9.53 Å². The summed E-state index contributed by atoms with van der Waals surface area (Å²) in [4.78, 5) is 14.6. The molecule has 2 aliphatic rings. The molecule has 2 aliphatic heterocycles. The third-order valence-corrected chi connectivity index (χ3v) is 4.69. The van der Waals surface area contributed by atoms with Crippen molar-refractivity contribution in [2.75, 3.05) is 19.7 Å². The smallest absolute Gasteiger partial charge is 0.228 e. The van der Waals surface area contributed by atoms with Crippen molar-refractivity contribution in [3.63, 3.8) is 0 Å². The first-order valence-electron chi connectivity index (χ1n) is 7.65. The Bertz CT molecular complexity index is 438. The fourth-order valence-electron chi connectivity index (χ4n) is 3.39. The minimum atomic E-state index is 0.0625. The molecule has 0 bridgehead atoms.